The third kappa shape index (κ3) is 4.64. The van der Waals surface area contributed by atoms with Gasteiger partial charge in [0.15, 0.2) is 18.2 Å². The van der Waals surface area contributed by atoms with E-state index >= 15 is 0 Å². The minimum absolute atomic E-state index is 0.146. The number of ketones is 1. The van der Waals surface area contributed by atoms with E-state index in [1.165, 1.54) is 0 Å². The van der Waals surface area contributed by atoms with Crippen LogP contribution < -0.4 is 0 Å². The van der Waals surface area contributed by atoms with Gasteiger partial charge in [-0.15, -0.1) is 5.10 Å². The van der Waals surface area contributed by atoms with E-state index < -0.39 is 12.6 Å². The number of carbonyl (C=O) groups is 2. The summed E-state index contributed by atoms with van der Waals surface area (Å²) in [4.78, 5) is 29.4. The molecule has 32 heavy (non-hydrogen) atoms. The number of rotatable bonds is 6. The Morgan fingerprint density at radius 1 is 1.00 bits per heavy atom. The number of nitrogens with zero attached hydrogens (tertiary/aromatic N) is 3. The van der Waals surface area contributed by atoms with Crippen LogP contribution in [0.3, 0.4) is 0 Å². The molecule has 0 saturated carbocycles. The summed E-state index contributed by atoms with van der Waals surface area (Å²) in [6.45, 7) is 1.45. The van der Waals surface area contributed by atoms with E-state index in [2.05, 4.69) is 26.0 Å². The summed E-state index contributed by atoms with van der Waals surface area (Å²) in [5, 5.41) is 4.95. The molecule has 0 unspecified atom stereocenters. The maximum atomic E-state index is 12.7. The number of aromatic nitrogens is 3. The largest absolute Gasteiger partial charge is 0.451 e. The minimum Gasteiger partial charge on any atom is -0.451 e. The summed E-state index contributed by atoms with van der Waals surface area (Å²) in [5.41, 5.74) is 2.69. The Labute approximate surface area is 197 Å². The number of ether oxygens (including phenoxy) is 1. The normalized spacial score (nSPS) is 10.7. The third-order valence-electron chi connectivity index (χ3n) is 4.79. The molecule has 0 amide bonds. The Balaban J connectivity index is 1.63. The van der Waals surface area contributed by atoms with Gasteiger partial charge in [0.2, 0.25) is 0 Å². The predicted octanol–water partition coefficient (Wildman–Crippen LogP) is 5.70. The van der Waals surface area contributed by atoms with Gasteiger partial charge >= 0.3 is 5.97 Å². The van der Waals surface area contributed by atoms with Crippen molar-refractivity contribution in [1.29, 1.82) is 0 Å². The number of carbonyl (C=O) groups excluding carboxylic acids is 2. The van der Waals surface area contributed by atoms with Gasteiger partial charge in [-0.25, -0.2) is 14.5 Å². The lowest BCUT2D eigenvalue weighted by molar-refractivity contribution is 0.0462. The highest BCUT2D eigenvalue weighted by atomic mass is 79.9. The summed E-state index contributed by atoms with van der Waals surface area (Å²) >= 11 is 9.61. The van der Waals surface area contributed by atoms with Crippen molar-refractivity contribution in [1.82, 2.24) is 14.8 Å². The molecule has 1 heterocycles. The van der Waals surface area contributed by atoms with Crippen molar-refractivity contribution in [3.63, 3.8) is 0 Å². The van der Waals surface area contributed by atoms with Crippen LogP contribution in [0.25, 0.3) is 17.1 Å². The van der Waals surface area contributed by atoms with E-state index in [-0.39, 0.29) is 11.6 Å². The molecule has 3 aromatic carbocycles. The van der Waals surface area contributed by atoms with E-state index in [1.54, 1.807) is 41.1 Å². The van der Waals surface area contributed by atoms with Crippen molar-refractivity contribution in [3.8, 4) is 17.1 Å². The summed E-state index contributed by atoms with van der Waals surface area (Å²) in [6.07, 6.45) is 0. The molecule has 0 atom stereocenters. The van der Waals surface area contributed by atoms with Gasteiger partial charge in [0.05, 0.1) is 5.69 Å². The van der Waals surface area contributed by atoms with Gasteiger partial charge in [-0.2, -0.15) is 0 Å². The second-order valence-electron chi connectivity index (χ2n) is 6.93. The maximum Gasteiger partial charge on any atom is 0.378 e. The van der Waals surface area contributed by atoms with Crippen LogP contribution in [0.2, 0.25) is 5.02 Å². The van der Waals surface area contributed by atoms with Crippen molar-refractivity contribution in [3.05, 3.63) is 99.2 Å². The van der Waals surface area contributed by atoms with Crippen LogP contribution in [0, 0.1) is 6.92 Å². The van der Waals surface area contributed by atoms with E-state index in [0.29, 0.717) is 22.1 Å². The fourth-order valence-corrected chi connectivity index (χ4v) is 3.51. The minimum atomic E-state index is -0.786. The Morgan fingerprint density at radius 3 is 2.44 bits per heavy atom. The Kier molecular flexibility index (Phi) is 6.48. The highest BCUT2D eigenvalue weighted by molar-refractivity contribution is 9.10. The third-order valence-corrected chi connectivity index (χ3v) is 5.73. The number of halogens is 2. The van der Waals surface area contributed by atoms with E-state index in [1.807, 2.05) is 43.3 Å². The van der Waals surface area contributed by atoms with Crippen LogP contribution in [0.5, 0.6) is 0 Å². The molecule has 8 heteroatoms. The molecule has 0 fully saturated rings. The zero-order valence-corrected chi connectivity index (χ0v) is 19.3. The highest BCUT2D eigenvalue weighted by Crippen LogP contribution is 2.26. The van der Waals surface area contributed by atoms with E-state index in [4.69, 9.17) is 16.3 Å². The fourth-order valence-electron chi connectivity index (χ4n) is 3.08. The van der Waals surface area contributed by atoms with Crippen LogP contribution in [-0.2, 0) is 4.74 Å². The molecule has 0 aliphatic heterocycles. The molecule has 0 N–H and O–H groups in total. The SMILES string of the molecule is Cc1c(Cl)cccc1-n1nc(C(=O)OCC(=O)c2ccc(Br)cc2)nc1-c1ccccc1. The first-order valence-corrected chi connectivity index (χ1v) is 10.8. The molecule has 160 valence electrons. The fraction of sp³-hybridized carbons (Fsp3) is 0.0833. The smallest absolute Gasteiger partial charge is 0.378 e. The average molecular weight is 511 g/mol. The predicted molar refractivity (Wildman–Crippen MR) is 125 cm³/mol. The number of Topliss-reactive ketones (excluding diaryl/α,β-unsaturated/α-hetero) is 1. The summed E-state index contributed by atoms with van der Waals surface area (Å²) in [5.74, 6) is -0.792. The Morgan fingerprint density at radius 2 is 1.72 bits per heavy atom. The summed E-state index contributed by atoms with van der Waals surface area (Å²) in [6, 6.07) is 21.6. The summed E-state index contributed by atoms with van der Waals surface area (Å²) < 4.78 is 7.62. The van der Waals surface area contributed by atoms with Crippen molar-refractivity contribution in [2.45, 2.75) is 6.92 Å². The first-order valence-electron chi connectivity index (χ1n) is 9.68. The Hall–Kier alpha value is -3.29. The van der Waals surface area contributed by atoms with Crippen molar-refractivity contribution < 1.29 is 14.3 Å². The lowest BCUT2D eigenvalue weighted by Crippen LogP contribution is -2.15. The van der Waals surface area contributed by atoms with Gasteiger partial charge in [0.1, 0.15) is 0 Å². The number of hydrogen-bond donors (Lipinski definition) is 0. The molecule has 0 spiro atoms. The molecule has 0 bridgehead atoms. The van der Waals surface area contributed by atoms with Crippen molar-refractivity contribution in [2.75, 3.05) is 6.61 Å². The second kappa shape index (κ2) is 9.46. The first-order chi connectivity index (χ1) is 15.4. The van der Waals surface area contributed by atoms with Crippen molar-refractivity contribution in [2.24, 2.45) is 0 Å². The topological polar surface area (TPSA) is 74.1 Å². The molecule has 0 saturated heterocycles. The summed E-state index contributed by atoms with van der Waals surface area (Å²) in [7, 11) is 0. The van der Waals surface area contributed by atoms with Crippen LogP contribution >= 0.6 is 27.5 Å². The molecule has 0 radical (unpaired) electrons. The van der Waals surface area contributed by atoms with Gasteiger partial charge in [-0.1, -0.05) is 76.1 Å². The van der Waals surface area contributed by atoms with Gasteiger partial charge in [-0.3, -0.25) is 4.79 Å². The van der Waals surface area contributed by atoms with E-state index in [0.717, 1.165) is 15.6 Å². The van der Waals surface area contributed by atoms with Gasteiger partial charge < -0.3 is 4.74 Å². The van der Waals surface area contributed by atoms with Crippen LogP contribution in [0.4, 0.5) is 0 Å². The molecule has 1 aromatic heterocycles. The van der Waals surface area contributed by atoms with E-state index in [9.17, 15) is 9.59 Å². The lowest BCUT2D eigenvalue weighted by Gasteiger charge is -2.10. The molecule has 0 aliphatic rings. The molecule has 0 aliphatic carbocycles. The molecular formula is C24H17BrClN3O3. The zero-order valence-electron chi connectivity index (χ0n) is 17.0. The Bertz CT molecular complexity index is 1290. The first kappa shape index (κ1) is 21.9. The standard InChI is InChI=1S/C24H17BrClN3O3/c1-15-19(26)8-5-9-20(15)29-23(17-6-3-2-4-7-17)27-22(28-29)24(31)32-14-21(30)16-10-12-18(25)13-11-16/h2-13H,14H2,1H3. The zero-order chi connectivity index (χ0) is 22.7. The quantitative estimate of drug-likeness (QED) is 0.246. The molecule has 6 nitrogen and oxygen atoms in total. The number of hydrogen-bond acceptors (Lipinski definition) is 5. The van der Waals surface area contributed by atoms with Crippen LogP contribution in [0.1, 0.15) is 26.5 Å². The number of esters is 1. The molecular weight excluding hydrogens is 494 g/mol. The van der Waals surface area contributed by atoms with Crippen molar-refractivity contribution >= 4 is 39.3 Å². The highest BCUT2D eigenvalue weighted by Gasteiger charge is 2.22. The molecule has 4 rings (SSSR count). The van der Waals surface area contributed by atoms with Gasteiger partial charge in [0.25, 0.3) is 5.82 Å². The van der Waals surface area contributed by atoms with Crippen LogP contribution in [0.15, 0.2) is 77.3 Å². The lowest BCUT2D eigenvalue weighted by atomic mass is 10.1. The second-order valence-corrected chi connectivity index (χ2v) is 8.25. The monoisotopic (exact) mass is 509 g/mol. The average Bonchev–Trinajstić information content (AvgIpc) is 3.25. The van der Waals surface area contributed by atoms with Gasteiger partial charge in [-0.05, 0) is 36.8 Å². The van der Waals surface area contributed by atoms with Gasteiger partial charge in [0, 0.05) is 20.6 Å². The number of benzene rings is 3. The van der Waals surface area contributed by atoms with Crippen LogP contribution in [-0.4, -0.2) is 33.1 Å². The maximum absolute atomic E-state index is 12.7. The molecule has 4 aromatic rings.